The lowest BCUT2D eigenvalue weighted by Crippen LogP contribution is -2.45. The molecule has 0 spiro atoms. The Labute approximate surface area is 142 Å². The number of urea groups is 1. The Morgan fingerprint density at radius 1 is 1.12 bits per heavy atom. The van der Waals surface area contributed by atoms with E-state index in [-0.39, 0.29) is 24.0 Å². The molecule has 24 heavy (non-hydrogen) atoms. The van der Waals surface area contributed by atoms with Crippen LogP contribution in [0.5, 0.6) is 0 Å². The summed E-state index contributed by atoms with van der Waals surface area (Å²) in [5, 5.41) is 14.4. The lowest BCUT2D eigenvalue weighted by atomic mass is 9.87. The summed E-state index contributed by atoms with van der Waals surface area (Å²) in [5.41, 5.74) is 1.14. The molecule has 1 fully saturated rings. The van der Waals surface area contributed by atoms with Gasteiger partial charge in [-0.1, -0.05) is 25.7 Å². The molecule has 1 aromatic rings. The van der Waals surface area contributed by atoms with Gasteiger partial charge in [0, 0.05) is 11.7 Å². The van der Waals surface area contributed by atoms with Gasteiger partial charge in [-0.15, -0.1) is 0 Å². The molecule has 0 radical (unpaired) electrons. The molecular formula is C18H23N3O3. The van der Waals surface area contributed by atoms with Crippen LogP contribution in [0.25, 0.3) is 0 Å². The third-order valence-corrected chi connectivity index (χ3v) is 4.36. The van der Waals surface area contributed by atoms with Crippen LogP contribution in [-0.4, -0.2) is 25.2 Å². The number of hydrogen-bond acceptors (Lipinski definition) is 4. The normalized spacial score (nSPS) is 20.8. The Kier molecular flexibility index (Phi) is 6.62. The molecule has 128 valence electrons. The molecule has 1 aliphatic rings. The molecule has 0 bridgehead atoms. The molecule has 1 aromatic carbocycles. The van der Waals surface area contributed by atoms with Gasteiger partial charge >= 0.3 is 12.0 Å². The molecule has 6 nitrogen and oxygen atoms in total. The fourth-order valence-electron chi connectivity index (χ4n) is 3.05. The largest absolute Gasteiger partial charge is 0.469 e. The molecule has 0 aromatic heterocycles. The second-order valence-corrected chi connectivity index (χ2v) is 6.02. The zero-order valence-corrected chi connectivity index (χ0v) is 13.9. The predicted octanol–water partition coefficient (Wildman–Crippen LogP) is 3.19. The first kappa shape index (κ1) is 17.8. The van der Waals surface area contributed by atoms with Gasteiger partial charge in [0.2, 0.25) is 0 Å². The van der Waals surface area contributed by atoms with E-state index >= 15 is 0 Å². The highest BCUT2D eigenvalue weighted by Crippen LogP contribution is 2.24. The molecular weight excluding hydrogens is 306 g/mol. The van der Waals surface area contributed by atoms with Crippen molar-refractivity contribution in [2.45, 2.75) is 44.6 Å². The van der Waals surface area contributed by atoms with Gasteiger partial charge in [-0.25, -0.2) is 4.79 Å². The molecule has 2 amide bonds. The van der Waals surface area contributed by atoms with Gasteiger partial charge in [0.25, 0.3) is 0 Å². The average Bonchev–Trinajstić information content (AvgIpc) is 2.57. The Balaban J connectivity index is 1.99. The van der Waals surface area contributed by atoms with Crippen LogP contribution in [0.15, 0.2) is 24.3 Å². The van der Waals surface area contributed by atoms with E-state index in [2.05, 4.69) is 10.6 Å². The van der Waals surface area contributed by atoms with Gasteiger partial charge in [0.1, 0.15) is 0 Å². The summed E-state index contributed by atoms with van der Waals surface area (Å²) in [6, 6.07) is 8.09. The highest BCUT2D eigenvalue weighted by Gasteiger charge is 2.30. The van der Waals surface area contributed by atoms with Crippen LogP contribution in [0.2, 0.25) is 0 Å². The van der Waals surface area contributed by atoms with E-state index in [1.807, 2.05) is 6.07 Å². The summed E-state index contributed by atoms with van der Waals surface area (Å²) in [7, 11) is 1.38. The van der Waals surface area contributed by atoms with E-state index in [1.54, 1.807) is 24.3 Å². The molecule has 1 saturated carbocycles. The first-order valence-corrected chi connectivity index (χ1v) is 8.29. The van der Waals surface area contributed by atoms with Crippen molar-refractivity contribution in [3.63, 3.8) is 0 Å². The molecule has 0 heterocycles. The SMILES string of the molecule is COC(=O)C1CCCCCCC1NC(=O)Nc1ccc(C#N)cc1. The number of nitrogens with zero attached hydrogens (tertiary/aromatic N) is 1. The number of methoxy groups -OCH3 is 1. The van der Waals surface area contributed by atoms with Crippen molar-refractivity contribution in [2.75, 3.05) is 12.4 Å². The van der Waals surface area contributed by atoms with Gasteiger partial charge in [-0.2, -0.15) is 5.26 Å². The summed E-state index contributed by atoms with van der Waals surface area (Å²) in [6.45, 7) is 0. The van der Waals surface area contributed by atoms with Gasteiger partial charge in [-0.3, -0.25) is 4.79 Å². The number of carbonyl (C=O) groups is 2. The predicted molar refractivity (Wildman–Crippen MR) is 90.3 cm³/mol. The first-order valence-electron chi connectivity index (χ1n) is 8.29. The maximum Gasteiger partial charge on any atom is 0.319 e. The van der Waals surface area contributed by atoms with Crippen LogP contribution in [0.3, 0.4) is 0 Å². The molecule has 2 atom stereocenters. The number of nitriles is 1. The topological polar surface area (TPSA) is 91.2 Å². The van der Waals surface area contributed by atoms with Crippen LogP contribution in [0.1, 0.15) is 44.1 Å². The van der Waals surface area contributed by atoms with Crippen molar-refractivity contribution < 1.29 is 14.3 Å². The van der Waals surface area contributed by atoms with Gasteiger partial charge in [-0.05, 0) is 37.1 Å². The molecule has 2 unspecified atom stereocenters. The Morgan fingerprint density at radius 2 is 1.79 bits per heavy atom. The Hall–Kier alpha value is -2.55. The highest BCUT2D eigenvalue weighted by atomic mass is 16.5. The van der Waals surface area contributed by atoms with Crippen molar-refractivity contribution >= 4 is 17.7 Å². The van der Waals surface area contributed by atoms with Crippen LogP contribution in [0, 0.1) is 17.2 Å². The number of anilines is 1. The van der Waals surface area contributed by atoms with E-state index in [1.165, 1.54) is 7.11 Å². The molecule has 2 N–H and O–H groups in total. The molecule has 1 aliphatic carbocycles. The molecule has 2 rings (SSSR count). The summed E-state index contributed by atoms with van der Waals surface area (Å²) in [5.74, 6) is -0.567. The third-order valence-electron chi connectivity index (χ3n) is 4.36. The van der Waals surface area contributed by atoms with Crippen LogP contribution >= 0.6 is 0 Å². The Bertz CT molecular complexity index is 607. The molecule has 0 saturated heterocycles. The zero-order chi connectivity index (χ0) is 17.4. The van der Waals surface area contributed by atoms with E-state index in [9.17, 15) is 9.59 Å². The van der Waals surface area contributed by atoms with Crippen LogP contribution < -0.4 is 10.6 Å². The number of ether oxygens (including phenoxy) is 1. The summed E-state index contributed by atoms with van der Waals surface area (Å²) < 4.78 is 4.90. The van der Waals surface area contributed by atoms with Gasteiger partial charge in [0.05, 0.1) is 24.7 Å². The number of hydrogen-bond donors (Lipinski definition) is 2. The highest BCUT2D eigenvalue weighted by molar-refractivity contribution is 5.90. The lowest BCUT2D eigenvalue weighted by molar-refractivity contribution is -0.146. The second kappa shape index (κ2) is 8.92. The number of esters is 1. The van der Waals surface area contributed by atoms with Crippen molar-refractivity contribution in [1.82, 2.24) is 5.32 Å². The number of carbonyl (C=O) groups excluding carboxylic acids is 2. The first-order chi connectivity index (χ1) is 11.6. The standard InChI is InChI=1S/C18H23N3O3/c1-24-17(22)15-6-4-2-3-5-7-16(15)21-18(23)20-14-10-8-13(12-19)9-11-14/h8-11,15-16H,2-7H2,1H3,(H2,20,21,23). The monoisotopic (exact) mass is 329 g/mol. The van der Waals surface area contributed by atoms with Crippen LogP contribution in [-0.2, 0) is 9.53 Å². The minimum atomic E-state index is -0.348. The number of nitrogens with one attached hydrogen (secondary N) is 2. The molecule has 0 aliphatic heterocycles. The van der Waals surface area contributed by atoms with E-state index in [0.717, 1.165) is 38.5 Å². The maximum absolute atomic E-state index is 12.3. The van der Waals surface area contributed by atoms with Crippen molar-refractivity contribution in [1.29, 1.82) is 5.26 Å². The fraction of sp³-hybridized carbons (Fsp3) is 0.500. The number of amides is 2. The van der Waals surface area contributed by atoms with E-state index < -0.39 is 0 Å². The van der Waals surface area contributed by atoms with E-state index in [4.69, 9.17) is 10.00 Å². The Morgan fingerprint density at radius 3 is 2.42 bits per heavy atom. The summed E-state index contributed by atoms with van der Waals surface area (Å²) >= 11 is 0. The summed E-state index contributed by atoms with van der Waals surface area (Å²) in [6.07, 6.45) is 5.67. The zero-order valence-electron chi connectivity index (χ0n) is 13.9. The van der Waals surface area contributed by atoms with Gasteiger partial charge < -0.3 is 15.4 Å². The average molecular weight is 329 g/mol. The second-order valence-electron chi connectivity index (χ2n) is 6.02. The smallest absolute Gasteiger partial charge is 0.319 e. The van der Waals surface area contributed by atoms with Crippen molar-refractivity contribution in [3.05, 3.63) is 29.8 Å². The number of rotatable bonds is 3. The quantitative estimate of drug-likeness (QED) is 0.833. The van der Waals surface area contributed by atoms with E-state index in [0.29, 0.717) is 11.3 Å². The minimum Gasteiger partial charge on any atom is -0.469 e. The van der Waals surface area contributed by atoms with Crippen LogP contribution in [0.4, 0.5) is 10.5 Å². The van der Waals surface area contributed by atoms with Crippen molar-refractivity contribution in [2.24, 2.45) is 5.92 Å². The maximum atomic E-state index is 12.3. The molecule has 6 heteroatoms. The third kappa shape index (κ3) is 4.98. The van der Waals surface area contributed by atoms with Crippen molar-refractivity contribution in [3.8, 4) is 6.07 Å². The fourth-order valence-corrected chi connectivity index (χ4v) is 3.05. The minimum absolute atomic E-state index is 0.226. The lowest BCUT2D eigenvalue weighted by Gasteiger charge is -2.28. The number of benzene rings is 1. The van der Waals surface area contributed by atoms with Gasteiger partial charge in [0.15, 0.2) is 0 Å². The summed E-state index contributed by atoms with van der Waals surface area (Å²) in [4.78, 5) is 24.3.